The summed E-state index contributed by atoms with van der Waals surface area (Å²) in [5, 5.41) is 22.0. The van der Waals surface area contributed by atoms with Gasteiger partial charge in [-0.05, 0) is 32.0 Å². The van der Waals surface area contributed by atoms with Crippen LogP contribution < -0.4 is 10.1 Å². The fourth-order valence-electron chi connectivity index (χ4n) is 4.14. The van der Waals surface area contributed by atoms with Crippen LogP contribution in [0.5, 0.6) is 5.75 Å². The van der Waals surface area contributed by atoms with Gasteiger partial charge in [0.05, 0.1) is 19.4 Å². The molecule has 1 amide bonds. The number of rotatable bonds is 6. The summed E-state index contributed by atoms with van der Waals surface area (Å²) in [5.74, 6) is -7.06. The lowest BCUT2D eigenvalue weighted by molar-refractivity contribution is -0.272. The first-order valence-corrected chi connectivity index (χ1v) is 10.5. The van der Waals surface area contributed by atoms with Crippen LogP contribution in [0.4, 0.5) is 27.6 Å². The second-order valence-electron chi connectivity index (χ2n) is 8.79. The SMILES string of the molecule is COc1c([C@@H]2[C@@H](C(=O)Nc3ccnc([C@@](C)(O)CO)c3)O[C@](C)(C(F)(F)F)[C@@H]2C)ccc(F)c1F. The van der Waals surface area contributed by atoms with Crippen molar-refractivity contribution in [1.82, 2.24) is 4.98 Å². The van der Waals surface area contributed by atoms with Gasteiger partial charge in [-0.25, -0.2) is 4.39 Å². The number of alkyl halides is 3. The number of benzene rings is 1. The van der Waals surface area contributed by atoms with Crippen molar-refractivity contribution < 1.29 is 46.4 Å². The number of methoxy groups -OCH3 is 1. The maximum atomic E-state index is 14.4. The Morgan fingerprint density at radius 2 is 1.94 bits per heavy atom. The molecule has 192 valence electrons. The quantitative estimate of drug-likeness (QED) is 0.520. The molecule has 1 saturated heterocycles. The Hall–Kier alpha value is -2.83. The number of anilines is 1. The molecule has 35 heavy (non-hydrogen) atoms. The van der Waals surface area contributed by atoms with Crippen molar-refractivity contribution in [1.29, 1.82) is 0 Å². The number of hydrogen-bond acceptors (Lipinski definition) is 6. The largest absolute Gasteiger partial charge is 0.493 e. The molecule has 0 radical (unpaired) electrons. The van der Waals surface area contributed by atoms with Crippen LogP contribution in [-0.4, -0.2) is 52.7 Å². The van der Waals surface area contributed by atoms with Crippen LogP contribution in [0.25, 0.3) is 0 Å². The number of carbonyl (C=O) groups excluding carboxylic acids is 1. The molecule has 0 spiro atoms. The molecule has 0 bridgehead atoms. The van der Waals surface area contributed by atoms with Crippen LogP contribution in [-0.2, 0) is 15.1 Å². The number of nitrogens with zero attached hydrogens (tertiary/aromatic N) is 1. The van der Waals surface area contributed by atoms with Crippen molar-refractivity contribution in [3.05, 3.63) is 53.4 Å². The van der Waals surface area contributed by atoms with Gasteiger partial charge in [0.1, 0.15) is 11.7 Å². The van der Waals surface area contributed by atoms with Crippen LogP contribution in [0, 0.1) is 17.6 Å². The van der Waals surface area contributed by atoms with Gasteiger partial charge in [0.25, 0.3) is 5.91 Å². The topological polar surface area (TPSA) is 101 Å². The van der Waals surface area contributed by atoms with E-state index in [0.717, 1.165) is 26.2 Å². The molecule has 1 aromatic carbocycles. The van der Waals surface area contributed by atoms with Gasteiger partial charge in [0.15, 0.2) is 17.2 Å². The molecule has 1 aliphatic heterocycles. The summed E-state index contributed by atoms with van der Waals surface area (Å²) >= 11 is 0. The Bertz CT molecular complexity index is 1110. The molecule has 3 N–H and O–H groups in total. The lowest BCUT2D eigenvalue weighted by atomic mass is 9.77. The van der Waals surface area contributed by atoms with E-state index in [1.54, 1.807) is 0 Å². The van der Waals surface area contributed by atoms with Crippen molar-refractivity contribution in [3.8, 4) is 5.75 Å². The first-order chi connectivity index (χ1) is 16.2. The summed E-state index contributed by atoms with van der Waals surface area (Å²) in [6, 6.07) is 4.36. The van der Waals surface area contributed by atoms with Gasteiger partial charge >= 0.3 is 6.18 Å². The van der Waals surface area contributed by atoms with Gasteiger partial charge < -0.3 is 25.0 Å². The molecule has 1 aliphatic rings. The van der Waals surface area contributed by atoms with Gasteiger partial charge in [0.2, 0.25) is 5.82 Å². The predicted molar refractivity (Wildman–Crippen MR) is 114 cm³/mol. The van der Waals surface area contributed by atoms with Crippen LogP contribution in [0.1, 0.15) is 37.9 Å². The number of carbonyl (C=O) groups is 1. The number of ether oxygens (including phenoxy) is 2. The Morgan fingerprint density at radius 1 is 1.29 bits per heavy atom. The van der Waals surface area contributed by atoms with Crippen molar-refractivity contribution in [2.75, 3.05) is 19.0 Å². The van der Waals surface area contributed by atoms with Crippen LogP contribution in [0.15, 0.2) is 30.5 Å². The van der Waals surface area contributed by atoms with Crippen molar-refractivity contribution in [2.24, 2.45) is 5.92 Å². The highest BCUT2D eigenvalue weighted by atomic mass is 19.4. The minimum atomic E-state index is -4.89. The van der Waals surface area contributed by atoms with Crippen molar-refractivity contribution in [2.45, 2.75) is 50.2 Å². The van der Waals surface area contributed by atoms with E-state index in [4.69, 9.17) is 9.47 Å². The molecule has 5 atom stereocenters. The Morgan fingerprint density at radius 3 is 2.51 bits per heavy atom. The molecule has 1 fully saturated rings. The van der Waals surface area contributed by atoms with E-state index in [1.165, 1.54) is 32.2 Å². The normalized spacial score (nSPS) is 26.3. The van der Waals surface area contributed by atoms with E-state index in [2.05, 4.69) is 10.3 Å². The van der Waals surface area contributed by atoms with E-state index in [0.29, 0.717) is 0 Å². The van der Waals surface area contributed by atoms with Crippen molar-refractivity contribution in [3.63, 3.8) is 0 Å². The Balaban J connectivity index is 2.06. The number of amides is 1. The summed E-state index contributed by atoms with van der Waals surface area (Å²) < 4.78 is 80.5. The molecule has 1 aromatic heterocycles. The number of aromatic nitrogens is 1. The van der Waals surface area contributed by atoms with E-state index >= 15 is 0 Å². The lowest BCUT2D eigenvalue weighted by Crippen LogP contribution is -2.47. The molecular formula is C23H25F5N2O5. The third-order valence-electron chi connectivity index (χ3n) is 6.46. The average Bonchev–Trinajstić information content (AvgIpc) is 3.07. The minimum Gasteiger partial charge on any atom is -0.493 e. The van der Waals surface area contributed by atoms with Gasteiger partial charge in [-0.1, -0.05) is 13.0 Å². The molecule has 0 saturated carbocycles. The third kappa shape index (κ3) is 4.69. The molecule has 0 unspecified atom stereocenters. The zero-order chi connectivity index (χ0) is 26.3. The summed E-state index contributed by atoms with van der Waals surface area (Å²) in [7, 11) is 1.03. The molecule has 7 nitrogen and oxygen atoms in total. The monoisotopic (exact) mass is 504 g/mol. The Kier molecular flexibility index (Phi) is 7.13. The first-order valence-electron chi connectivity index (χ1n) is 10.5. The number of hydrogen-bond donors (Lipinski definition) is 3. The van der Waals surface area contributed by atoms with Gasteiger partial charge in [-0.2, -0.15) is 17.6 Å². The van der Waals surface area contributed by atoms with Crippen LogP contribution in [0.3, 0.4) is 0 Å². The van der Waals surface area contributed by atoms with E-state index in [-0.39, 0.29) is 16.9 Å². The smallest absolute Gasteiger partial charge is 0.417 e. The highest BCUT2D eigenvalue weighted by Gasteiger charge is 2.65. The van der Waals surface area contributed by atoms with E-state index in [1.807, 2.05) is 0 Å². The highest BCUT2D eigenvalue weighted by Crippen LogP contribution is 2.55. The maximum Gasteiger partial charge on any atom is 0.417 e. The molecule has 3 rings (SSSR count). The van der Waals surface area contributed by atoms with Crippen molar-refractivity contribution >= 4 is 11.6 Å². The third-order valence-corrected chi connectivity index (χ3v) is 6.46. The first kappa shape index (κ1) is 26.8. The lowest BCUT2D eigenvalue weighted by Gasteiger charge is -2.32. The zero-order valence-corrected chi connectivity index (χ0v) is 19.3. The minimum absolute atomic E-state index is 0.00235. The number of halogens is 5. The number of aliphatic hydroxyl groups excluding tert-OH is 1. The fourth-order valence-corrected chi connectivity index (χ4v) is 4.14. The molecular weight excluding hydrogens is 479 g/mol. The summed E-state index contributed by atoms with van der Waals surface area (Å²) in [5.41, 5.74) is -4.64. The van der Waals surface area contributed by atoms with E-state index < -0.39 is 65.2 Å². The average molecular weight is 504 g/mol. The summed E-state index contributed by atoms with van der Waals surface area (Å²) in [6.45, 7) is 2.59. The van der Waals surface area contributed by atoms with Gasteiger partial charge in [0, 0.05) is 29.3 Å². The van der Waals surface area contributed by atoms with Crippen LogP contribution >= 0.6 is 0 Å². The molecule has 2 aromatic rings. The highest BCUT2D eigenvalue weighted by molar-refractivity contribution is 5.95. The Labute approximate surface area is 197 Å². The fraction of sp³-hybridized carbons (Fsp3) is 0.478. The second-order valence-corrected chi connectivity index (χ2v) is 8.79. The standard InChI is InChI=1S/C23H25F5N2O5/c1-11-16(13-5-6-14(24)17(25)18(13)34-4)19(35-22(11,3)23(26,27)28)20(32)30-12-7-8-29-15(9-12)21(2,33)10-31/h5-9,11,16,19,31,33H,10H2,1-4H3,(H,29,30,32)/t11-,16-,19+,21+,22+/m1/s1. The number of nitrogens with one attached hydrogen (secondary N) is 1. The van der Waals surface area contributed by atoms with Gasteiger partial charge in [-0.3, -0.25) is 9.78 Å². The van der Waals surface area contributed by atoms with Crippen LogP contribution in [0.2, 0.25) is 0 Å². The van der Waals surface area contributed by atoms with Gasteiger partial charge in [-0.15, -0.1) is 0 Å². The predicted octanol–water partition coefficient (Wildman–Crippen LogP) is 3.65. The number of pyridine rings is 1. The number of aliphatic hydroxyl groups is 2. The summed E-state index contributed by atoms with van der Waals surface area (Å²) in [4.78, 5) is 17.1. The molecule has 2 heterocycles. The van der Waals surface area contributed by atoms with E-state index in [9.17, 15) is 37.0 Å². The molecule has 0 aliphatic carbocycles. The second kappa shape index (κ2) is 9.32. The maximum absolute atomic E-state index is 14.4. The zero-order valence-electron chi connectivity index (χ0n) is 19.3. The molecule has 12 heteroatoms. The summed E-state index contributed by atoms with van der Waals surface area (Å²) in [6.07, 6.45) is -5.44.